The number of rotatable bonds is 5. The quantitative estimate of drug-likeness (QED) is 0.632. The zero-order valence-corrected chi connectivity index (χ0v) is 8.68. The van der Waals surface area contributed by atoms with Crippen LogP contribution in [0.15, 0.2) is 10.7 Å². The van der Waals surface area contributed by atoms with Crippen molar-refractivity contribution in [1.29, 1.82) is 0 Å². The highest BCUT2D eigenvalue weighted by Gasteiger charge is 2.25. The molecule has 8 heteroatoms. The second kappa shape index (κ2) is 5.52. The van der Waals surface area contributed by atoms with E-state index in [4.69, 9.17) is 0 Å². The molecule has 1 N–H and O–H groups in total. The molecule has 0 saturated heterocycles. The Hall–Kier alpha value is -0.340. The van der Waals surface area contributed by atoms with Gasteiger partial charge in [0.2, 0.25) is 0 Å². The lowest BCUT2D eigenvalue weighted by atomic mass is 10.6. The van der Waals surface area contributed by atoms with Crippen molar-refractivity contribution in [2.24, 2.45) is 0 Å². The van der Waals surface area contributed by atoms with Gasteiger partial charge in [-0.25, -0.2) is 4.98 Å². The summed E-state index contributed by atoms with van der Waals surface area (Å²) in [5, 5.41) is 2.30. The number of aromatic nitrogens is 2. The van der Waals surface area contributed by atoms with Crippen LogP contribution in [0.5, 0.6) is 0 Å². The Morgan fingerprint density at radius 2 is 2.29 bits per heavy atom. The molecule has 0 saturated carbocycles. The third kappa shape index (κ3) is 5.40. The van der Waals surface area contributed by atoms with E-state index in [9.17, 15) is 13.2 Å². The minimum Gasteiger partial charge on any atom is -0.308 e. The first-order valence-electron chi connectivity index (χ1n) is 3.75. The van der Waals surface area contributed by atoms with Crippen molar-refractivity contribution < 1.29 is 13.2 Å². The molecule has 0 aromatic carbocycles. The van der Waals surface area contributed by atoms with E-state index in [-0.39, 0.29) is 0 Å². The predicted molar refractivity (Wildman–Crippen MR) is 49.6 cm³/mol. The van der Waals surface area contributed by atoms with Crippen LogP contribution in [0.25, 0.3) is 0 Å². The molecule has 0 fully saturated rings. The van der Waals surface area contributed by atoms with Crippen LogP contribution in [0.2, 0.25) is 0 Å². The number of halogens is 3. The first-order chi connectivity index (χ1) is 6.58. The van der Waals surface area contributed by atoms with E-state index in [1.807, 2.05) is 0 Å². The van der Waals surface area contributed by atoms with Gasteiger partial charge in [-0.05, 0) is 11.5 Å². The van der Waals surface area contributed by atoms with Gasteiger partial charge in [0.05, 0.1) is 6.54 Å². The van der Waals surface area contributed by atoms with Crippen LogP contribution < -0.4 is 5.32 Å². The molecule has 0 spiro atoms. The first-order valence-corrected chi connectivity index (χ1v) is 5.51. The largest absolute Gasteiger partial charge is 0.401 e. The second-order valence-corrected chi connectivity index (χ2v) is 4.47. The monoisotopic (exact) mass is 243 g/mol. The molecule has 1 aromatic rings. The van der Waals surface area contributed by atoms with E-state index in [0.29, 0.717) is 12.3 Å². The Balaban J connectivity index is 2.00. The van der Waals surface area contributed by atoms with Crippen molar-refractivity contribution in [3.63, 3.8) is 0 Å². The molecule has 0 aliphatic heterocycles. The third-order valence-electron chi connectivity index (χ3n) is 1.17. The van der Waals surface area contributed by atoms with Crippen molar-refractivity contribution in [3.8, 4) is 0 Å². The smallest absolute Gasteiger partial charge is 0.308 e. The Morgan fingerprint density at radius 1 is 1.50 bits per heavy atom. The summed E-state index contributed by atoms with van der Waals surface area (Å²) in [5.41, 5.74) is 0. The molecule has 14 heavy (non-hydrogen) atoms. The summed E-state index contributed by atoms with van der Waals surface area (Å²) in [4.78, 5) is 3.88. The summed E-state index contributed by atoms with van der Waals surface area (Å²) >= 11 is 2.63. The first kappa shape index (κ1) is 11.7. The van der Waals surface area contributed by atoms with E-state index < -0.39 is 12.7 Å². The molecule has 0 bridgehead atoms. The van der Waals surface area contributed by atoms with Gasteiger partial charge in [-0.15, -0.1) is 0 Å². The number of hydrogen-bond acceptors (Lipinski definition) is 5. The highest BCUT2D eigenvalue weighted by atomic mass is 32.2. The molecule has 0 amide bonds. The molecule has 0 unspecified atom stereocenters. The number of nitrogens with one attached hydrogen (secondary N) is 1. The molecular weight excluding hydrogens is 235 g/mol. The summed E-state index contributed by atoms with van der Waals surface area (Å²) in [6.07, 6.45) is -2.70. The van der Waals surface area contributed by atoms with Crippen LogP contribution in [0.4, 0.5) is 13.2 Å². The van der Waals surface area contributed by atoms with E-state index >= 15 is 0 Å². The van der Waals surface area contributed by atoms with Crippen molar-refractivity contribution in [2.45, 2.75) is 10.5 Å². The highest BCUT2D eigenvalue weighted by molar-refractivity contribution is 8.00. The molecule has 0 aliphatic rings. The van der Waals surface area contributed by atoms with E-state index in [2.05, 4.69) is 14.7 Å². The molecule has 1 rings (SSSR count). The van der Waals surface area contributed by atoms with Crippen LogP contribution in [-0.4, -0.2) is 34.4 Å². The van der Waals surface area contributed by atoms with Gasteiger partial charge in [0.15, 0.2) is 4.34 Å². The zero-order valence-electron chi connectivity index (χ0n) is 7.04. The molecule has 80 valence electrons. The third-order valence-corrected chi connectivity index (χ3v) is 2.97. The number of nitrogens with zero attached hydrogens (tertiary/aromatic N) is 2. The van der Waals surface area contributed by atoms with Gasteiger partial charge in [0.1, 0.15) is 6.33 Å². The summed E-state index contributed by atoms with van der Waals surface area (Å²) < 4.78 is 39.5. The van der Waals surface area contributed by atoms with Crippen LogP contribution in [-0.2, 0) is 0 Å². The highest BCUT2D eigenvalue weighted by Crippen LogP contribution is 2.17. The van der Waals surface area contributed by atoms with Crippen molar-refractivity contribution in [1.82, 2.24) is 14.7 Å². The Morgan fingerprint density at radius 3 is 2.86 bits per heavy atom. The molecular formula is C6H8F3N3S2. The van der Waals surface area contributed by atoms with E-state index in [1.165, 1.54) is 29.6 Å². The number of alkyl halides is 3. The number of hydrogen-bond donors (Lipinski definition) is 1. The topological polar surface area (TPSA) is 37.8 Å². The maximum Gasteiger partial charge on any atom is 0.401 e. The van der Waals surface area contributed by atoms with Gasteiger partial charge < -0.3 is 5.32 Å². The lowest BCUT2D eigenvalue weighted by Gasteiger charge is -2.06. The van der Waals surface area contributed by atoms with Crippen LogP contribution in [0.3, 0.4) is 0 Å². The van der Waals surface area contributed by atoms with Gasteiger partial charge in [-0.2, -0.15) is 17.5 Å². The van der Waals surface area contributed by atoms with Gasteiger partial charge in [-0.3, -0.25) is 0 Å². The minimum absolute atomic E-state index is 0.309. The van der Waals surface area contributed by atoms with Crippen molar-refractivity contribution >= 4 is 23.3 Å². The SMILES string of the molecule is FC(F)(F)CNCCSc1ncns1. The summed E-state index contributed by atoms with van der Waals surface area (Å²) in [7, 11) is 0. The van der Waals surface area contributed by atoms with Crippen LogP contribution in [0.1, 0.15) is 0 Å². The van der Waals surface area contributed by atoms with Crippen LogP contribution in [0, 0.1) is 0 Å². The van der Waals surface area contributed by atoms with Gasteiger partial charge >= 0.3 is 6.18 Å². The standard InChI is InChI=1S/C6H8F3N3S2/c7-6(8,9)3-10-1-2-13-5-11-4-12-14-5/h4,10H,1-3H2. The van der Waals surface area contributed by atoms with Gasteiger partial charge in [0.25, 0.3) is 0 Å². The number of thioether (sulfide) groups is 1. The normalized spacial score (nSPS) is 11.9. The molecule has 0 aliphatic carbocycles. The Bertz CT molecular complexity index is 249. The predicted octanol–water partition coefficient (Wildman–Crippen LogP) is 1.78. The summed E-state index contributed by atoms with van der Waals surface area (Å²) in [5.74, 6) is 0.561. The van der Waals surface area contributed by atoms with E-state index in [1.54, 1.807) is 0 Å². The fraction of sp³-hybridized carbons (Fsp3) is 0.667. The van der Waals surface area contributed by atoms with Crippen LogP contribution >= 0.6 is 23.3 Å². The minimum atomic E-state index is -4.13. The zero-order chi connectivity index (χ0) is 10.4. The molecule has 3 nitrogen and oxygen atoms in total. The molecule has 1 aromatic heterocycles. The Labute approximate surface area is 87.3 Å². The van der Waals surface area contributed by atoms with Crippen molar-refractivity contribution in [3.05, 3.63) is 6.33 Å². The summed E-state index contributed by atoms with van der Waals surface area (Å²) in [6, 6.07) is 0. The average molecular weight is 243 g/mol. The fourth-order valence-corrected chi connectivity index (χ4v) is 2.08. The van der Waals surface area contributed by atoms with Crippen molar-refractivity contribution in [2.75, 3.05) is 18.8 Å². The second-order valence-electron chi connectivity index (χ2n) is 2.35. The summed E-state index contributed by atoms with van der Waals surface area (Å²) in [6.45, 7) is -0.632. The maximum absolute atomic E-state index is 11.7. The average Bonchev–Trinajstić information content (AvgIpc) is 2.54. The molecule has 1 heterocycles. The molecule has 0 radical (unpaired) electrons. The van der Waals surface area contributed by atoms with E-state index in [0.717, 1.165) is 4.34 Å². The molecule has 0 atom stereocenters. The Kier molecular flexibility index (Phi) is 4.63. The lowest BCUT2D eigenvalue weighted by molar-refractivity contribution is -0.124. The fourth-order valence-electron chi connectivity index (χ4n) is 0.667. The van der Waals surface area contributed by atoms with Gasteiger partial charge in [0, 0.05) is 12.3 Å². The van der Waals surface area contributed by atoms with Gasteiger partial charge in [-0.1, -0.05) is 11.8 Å². The maximum atomic E-state index is 11.7. The lowest BCUT2D eigenvalue weighted by Crippen LogP contribution is -2.30.